The minimum absolute atomic E-state index is 0. The Morgan fingerprint density at radius 2 is 0.967 bits per heavy atom. The van der Waals surface area contributed by atoms with Crippen molar-refractivity contribution in [3.05, 3.63) is 97.8 Å². The van der Waals surface area contributed by atoms with Crippen molar-refractivity contribution in [1.29, 1.82) is 0 Å². The van der Waals surface area contributed by atoms with Crippen LogP contribution in [0.4, 0.5) is 0 Å². The van der Waals surface area contributed by atoms with E-state index in [1.54, 1.807) is 0 Å². The Labute approximate surface area is 214 Å². The van der Waals surface area contributed by atoms with Gasteiger partial charge in [0.2, 0.25) is 0 Å². The van der Waals surface area contributed by atoms with E-state index in [0.717, 1.165) is 6.42 Å². The first-order valence-corrected chi connectivity index (χ1v) is 9.85. The summed E-state index contributed by atoms with van der Waals surface area (Å²) in [6.45, 7) is 15.7. The third-order valence-electron chi connectivity index (χ3n) is 4.61. The van der Waals surface area contributed by atoms with Crippen molar-refractivity contribution in [1.82, 2.24) is 0 Å². The molecule has 0 aliphatic heterocycles. The monoisotopic (exact) mass is 606 g/mol. The van der Waals surface area contributed by atoms with Gasteiger partial charge in [-0.15, -0.1) is 81.2 Å². The molecule has 0 fully saturated rings. The average Bonchev–Trinajstić information content (AvgIpc) is 3.27. The third-order valence-corrected chi connectivity index (χ3v) is 4.61. The Bertz CT molecular complexity index is 803. The van der Waals surface area contributed by atoms with Crippen molar-refractivity contribution in [3.8, 4) is 0 Å². The molecule has 0 saturated heterocycles. The Balaban J connectivity index is 0. The van der Waals surface area contributed by atoms with Gasteiger partial charge in [-0.05, 0) is 11.8 Å². The Kier molecular flexibility index (Phi) is 16.5. The summed E-state index contributed by atoms with van der Waals surface area (Å²) in [6.07, 6.45) is 0.750. The number of halogens is 2. The fourth-order valence-electron chi connectivity index (χ4n) is 3.02. The van der Waals surface area contributed by atoms with E-state index in [0.29, 0.717) is 11.8 Å². The summed E-state index contributed by atoms with van der Waals surface area (Å²) in [6, 6.07) is 26.1. The van der Waals surface area contributed by atoms with Gasteiger partial charge in [-0.1, -0.05) is 39.8 Å². The predicted octanol–water partition coefficient (Wildman–Crippen LogP) is 2.41. The molecule has 3 heteroatoms. The topological polar surface area (TPSA) is 0 Å². The minimum Gasteiger partial charge on any atom is -1.00 e. The molecule has 30 heavy (non-hydrogen) atoms. The first-order valence-electron chi connectivity index (χ1n) is 9.85. The molecule has 0 heterocycles. The second-order valence-corrected chi connectivity index (χ2v) is 7.50. The SMILES string of the molecule is CC(C)c1cc2ccccc2[cH-]1.CC(C)c1cc2ccccc2[cH-]1.[CH2-]C[CH2-].[Cl-].[Cl-].[Hf]. The molecule has 0 aromatic heterocycles. The van der Waals surface area contributed by atoms with Crippen LogP contribution >= 0.6 is 0 Å². The van der Waals surface area contributed by atoms with Crippen molar-refractivity contribution >= 4 is 21.5 Å². The summed E-state index contributed by atoms with van der Waals surface area (Å²) in [5.74, 6) is 1.27. The Hall–Kier alpha value is -0.890. The zero-order valence-corrected chi connectivity index (χ0v) is 23.6. The number of hydrogen-bond acceptors (Lipinski definition) is 0. The first kappa shape index (κ1) is 31.3. The fraction of sp³-hybridized carbons (Fsp3) is 0.259. The predicted molar refractivity (Wildman–Crippen MR) is 123 cm³/mol. The molecule has 4 aromatic carbocycles. The molecular formula is C27H32Cl2Hf-6. The van der Waals surface area contributed by atoms with Gasteiger partial charge >= 0.3 is 0 Å². The fourth-order valence-corrected chi connectivity index (χ4v) is 3.02. The van der Waals surface area contributed by atoms with E-state index >= 15 is 0 Å². The summed E-state index contributed by atoms with van der Waals surface area (Å²) in [5.41, 5.74) is 2.88. The first-order chi connectivity index (χ1) is 13.0. The number of hydrogen-bond donors (Lipinski definition) is 0. The largest absolute Gasteiger partial charge is 1.00 e. The van der Waals surface area contributed by atoms with E-state index in [-0.39, 0.29) is 50.7 Å². The van der Waals surface area contributed by atoms with Crippen molar-refractivity contribution in [3.63, 3.8) is 0 Å². The maximum atomic E-state index is 3.38. The van der Waals surface area contributed by atoms with Crippen LogP contribution in [0.2, 0.25) is 0 Å². The second-order valence-electron chi connectivity index (χ2n) is 7.50. The molecule has 0 atom stereocenters. The van der Waals surface area contributed by atoms with Crippen molar-refractivity contribution < 1.29 is 50.7 Å². The molecule has 0 spiro atoms. The van der Waals surface area contributed by atoms with Crippen molar-refractivity contribution in [2.45, 2.75) is 46.0 Å². The molecule has 0 nitrogen and oxygen atoms in total. The molecule has 0 amide bonds. The van der Waals surface area contributed by atoms with Crippen LogP contribution in [0.1, 0.15) is 57.1 Å². The van der Waals surface area contributed by atoms with Crippen LogP contribution in [0, 0.1) is 13.8 Å². The summed E-state index contributed by atoms with van der Waals surface area (Å²) in [4.78, 5) is 0. The van der Waals surface area contributed by atoms with Gasteiger partial charge in [-0.3, -0.25) is 0 Å². The van der Waals surface area contributed by atoms with Gasteiger partial charge in [0.25, 0.3) is 0 Å². The number of fused-ring (bicyclic) bond motifs is 2. The molecule has 0 unspecified atom stereocenters. The minimum atomic E-state index is 0. The average molecular weight is 606 g/mol. The smallest absolute Gasteiger partial charge is 0 e. The molecule has 0 saturated carbocycles. The molecule has 0 bridgehead atoms. The van der Waals surface area contributed by atoms with E-state index < -0.39 is 0 Å². The van der Waals surface area contributed by atoms with Crippen LogP contribution in [0.3, 0.4) is 0 Å². The standard InChI is InChI=1S/2C12H13.C3H6.2ClH.Hf/c2*1-9(2)12-7-10-5-3-4-6-11(10)8-12;1-3-2;;;/h2*3-9H,1-2H3;1-3H2;2*1H;/q2*-1;-2;;;/p-2. The second kappa shape index (κ2) is 15.8. The molecule has 0 aliphatic rings. The van der Waals surface area contributed by atoms with Gasteiger partial charge < -0.3 is 45.1 Å². The Morgan fingerprint density at radius 3 is 1.23 bits per heavy atom. The van der Waals surface area contributed by atoms with Gasteiger partial charge in [-0.25, -0.2) is 0 Å². The molecule has 4 rings (SSSR count). The van der Waals surface area contributed by atoms with E-state index in [1.165, 1.54) is 32.7 Å². The molecule has 0 aliphatic carbocycles. The van der Waals surface area contributed by atoms with E-state index in [1.807, 2.05) is 0 Å². The third kappa shape index (κ3) is 9.08. The van der Waals surface area contributed by atoms with Crippen LogP contribution in [-0.2, 0) is 25.8 Å². The zero-order valence-electron chi connectivity index (χ0n) is 18.5. The van der Waals surface area contributed by atoms with Crippen LogP contribution in [0.25, 0.3) is 21.5 Å². The van der Waals surface area contributed by atoms with Gasteiger partial charge in [0.05, 0.1) is 0 Å². The summed E-state index contributed by atoms with van der Waals surface area (Å²) in [5, 5.41) is 5.45. The van der Waals surface area contributed by atoms with Crippen LogP contribution in [0.15, 0.2) is 72.8 Å². The summed E-state index contributed by atoms with van der Waals surface area (Å²) >= 11 is 0. The van der Waals surface area contributed by atoms with E-state index in [4.69, 9.17) is 0 Å². The van der Waals surface area contributed by atoms with E-state index in [9.17, 15) is 0 Å². The zero-order chi connectivity index (χ0) is 19.8. The van der Waals surface area contributed by atoms with E-state index in [2.05, 4.69) is 114 Å². The van der Waals surface area contributed by atoms with Crippen LogP contribution < -0.4 is 24.8 Å². The quantitative estimate of drug-likeness (QED) is 0.243. The normalized spacial score (nSPS) is 9.60. The van der Waals surface area contributed by atoms with Gasteiger partial charge in [0.1, 0.15) is 0 Å². The van der Waals surface area contributed by atoms with Crippen LogP contribution in [0.5, 0.6) is 0 Å². The van der Waals surface area contributed by atoms with Gasteiger partial charge in [0, 0.05) is 25.8 Å². The maximum Gasteiger partial charge on any atom is 0 e. The number of rotatable bonds is 2. The van der Waals surface area contributed by atoms with Crippen molar-refractivity contribution in [2.75, 3.05) is 0 Å². The van der Waals surface area contributed by atoms with Crippen molar-refractivity contribution in [2.24, 2.45) is 0 Å². The van der Waals surface area contributed by atoms with Gasteiger partial charge in [0.15, 0.2) is 0 Å². The molecular weight excluding hydrogens is 574 g/mol. The molecule has 0 N–H and O–H groups in total. The van der Waals surface area contributed by atoms with Crippen LogP contribution in [-0.4, -0.2) is 0 Å². The summed E-state index contributed by atoms with van der Waals surface area (Å²) < 4.78 is 0. The molecule has 0 radical (unpaired) electrons. The maximum absolute atomic E-state index is 3.38. The summed E-state index contributed by atoms with van der Waals surface area (Å²) in [7, 11) is 0. The Morgan fingerprint density at radius 1 is 0.667 bits per heavy atom. The van der Waals surface area contributed by atoms with Gasteiger partial charge in [-0.2, -0.15) is 12.1 Å². The number of benzene rings is 2. The molecule has 164 valence electrons. The molecule has 4 aromatic rings.